The molecule has 3 aromatic carbocycles. The molecule has 0 N–H and O–H groups in total. The summed E-state index contributed by atoms with van der Waals surface area (Å²) in [4.78, 5) is 30.6. The number of carbonyl (C=O) groups is 1. The highest BCUT2D eigenvalue weighted by molar-refractivity contribution is 7.07. The Morgan fingerprint density at radius 3 is 2.30 bits per heavy atom. The minimum Gasteiger partial charge on any atom is -0.465 e. The number of hydrogen-bond acceptors (Lipinski definition) is 5. The Bertz CT molecular complexity index is 1520. The number of benzene rings is 3. The van der Waals surface area contributed by atoms with Crippen molar-refractivity contribution >= 4 is 29.1 Å². The van der Waals surface area contributed by atoms with Gasteiger partial charge in [0, 0.05) is 0 Å². The van der Waals surface area contributed by atoms with Crippen LogP contribution in [0.1, 0.15) is 33.1 Å². The number of ether oxygens (including phenoxy) is 1. The van der Waals surface area contributed by atoms with E-state index in [1.165, 1.54) is 18.4 Å². The molecule has 0 saturated heterocycles. The molecule has 0 bridgehead atoms. The summed E-state index contributed by atoms with van der Waals surface area (Å²) in [5.41, 5.74) is 4.08. The van der Waals surface area contributed by atoms with Crippen LogP contribution in [0.3, 0.4) is 0 Å². The highest BCUT2D eigenvalue weighted by Crippen LogP contribution is 2.26. The largest absolute Gasteiger partial charge is 0.465 e. The van der Waals surface area contributed by atoms with Crippen LogP contribution in [-0.2, 0) is 4.74 Å². The molecule has 1 atom stereocenters. The molecule has 0 spiro atoms. The van der Waals surface area contributed by atoms with Crippen molar-refractivity contribution in [3.63, 3.8) is 0 Å². The zero-order valence-corrected chi connectivity index (χ0v) is 18.7. The maximum atomic E-state index is 13.4. The molecule has 5 nitrogen and oxygen atoms in total. The Balaban J connectivity index is 1.65. The van der Waals surface area contributed by atoms with Crippen molar-refractivity contribution in [2.75, 3.05) is 7.11 Å². The summed E-state index contributed by atoms with van der Waals surface area (Å²) >= 11 is 1.36. The fraction of sp³-hybridized carbons (Fsp3) is 0.0741. The first-order valence-corrected chi connectivity index (χ1v) is 11.3. The monoisotopic (exact) mass is 452 g/mol. The Hall–Kier alpha value is -4.03. The van der Waals surface area contributed by atoms with E-state index in [0.29, 0.717) is 14.9 Å². The molecule has 162 valence electrons. The van der Waals surface area contributed by atoms with Crippen molar-refractivity contribution in [1.29, 1.82) is 0 Å². The molecular weight excluding hydrogens is 432 g/mol. The van der Waals surface area contributed by atoms with Gasteiger partial charge in [-0.2, -0.15) is 0 Å². The van der Waals surface area contributed by atoms with Gasteiger partial charge in [0.2, 0.25) is 0 Å². The quantitative estimate of drug-likeness (QED) is 0.443. The highest BCUT2D eigenvalue weighted by Gasteiger charge is 2.22. The maximum Gasteiger partial charge on any atom is 0.337 e. The van der Waals surface area contributed by atoms with Crippen molar-refractivity contribution in [3.05, 3.63) is 133 Å². The Labute approximate surface area is 194 Å². The number of allylic oxidation sites excluding steroid dienone is 1. The van der Waals surface area contributed by atoms with E-state index in [-0.39, 0.29) is 11.6 Å². The summed E-state index contributed by atoms with van der Waals surface area (Å²) in [5, 5.41) is 0. The smallest absolute Gasteiger partial charge is 0.337 e. The molecule has 4 aromatic rings. The van der Waals surface area contributed by atoms with E-state index in [1.807, 2.05) is 72.8 Å². The van der Waals surface area contributed by atoms with Gasteiger partial charge < -0.3 is 4.74 Å². The standard InChI is InChI=1S/C27H20N2O3S/c1-32-26(31)21-14-12-18(13-15-21)16-24-25(30)29-23(20-10-6-3-7-11-20)17-22(28-27(29)33-24)19-8-4-2-5-9-19/h2-17,23H,1H3/b24-16+/t23-/m1/s1. The van der Waals surface area contributed by atoms with Crippen LogP contribution in [0.15, 0.2) is 101 Å². The van der Waals surface area contributed by atoms with E-state index in [2.05, 4.69) is 0 Å². The minimum absolute atomic E-state index is 0.0898. The lowest BCUT2D eigenvalue weighted by molar-refractivity contribution is 0.0600. The molecule has 0 amide bonds. The highest BCUT2D eigenvalue weighted by atomic mass is 32.1. The Morgan fingerprint density at radius 1 is 0.970 bits per heavy atom. The van der Waals surface area contributed by atoms with Crippen LogP contribution in [0.25, 0.3) is 11.8 Å². The summed E-state index contributed by atoms with van der Waals surface area (Å²) in [6.07, 6.45) is 3.87. The zero-order valence-electron chi connectivity index (χ0n) is 17.8. The molecule has 1 aromatic heterocycles. The molecule has 0 aliphatic carbocycles. The van der Waals surface area contributed by atoms with Gasteiger partial charge in [0.15, 0.2) is 4.80 Å². The molecule has 0 radical (unpaired) electrons. The topological polar surface area (TPSA) is 60.7 Å². The van der Waals surface area contributed by atoms with E-state index < -0.39 is 5.97 Å². The molecule has 6 heteroatoms. The molecule has 0 fully saturated rings. The van der Waals surface area contributed by atoms with Gasteiger partial charge in [0.25, 0.3) is 5.56 Å². The van der Waals surface area contributed by atoms with E-state index in [9.17, 15) is 9.59 Å². The van der Waals surface area contributed by atoms with Crippen LogP contribution in [0, 0.1) is 0 Å². The summed E-state index contributed by atoms with van der Waals surface area (Å²) in [5.74, 6) is -0.391. The number of thiazole rings is 1. The van der Waals surface area contributed by atoms with Gasteiger partial charge >= 0.3 is 5.97 Å². The summed E-state index contributed by atoms with van der Waals surface area (Å²) in [7, 11) is 1.35. The predicted molar refractivity (Wildman–Crippen MR) is 130 cm³/mol. The van der Waals surface area contributed by atoms with Crippen LogP contribution in [-0.4, -0.2) is 17.6 Å². The van der Waals surface area contributed by atoms with Gasteiger partial charge in [-0.1, -0.05) is 84.1 Å². The van der Waals surface area contributed by atoms with Gasteiger partial charge in [0.1, 0.15) is 0 Å². The number of fused-ring (bicyclic) bond motifs is 1. The number of aromatic nitrogens is 1. The van der Waals surface area contributed by atoms with Crippen molar-refractivity contribution < 1.29 is 9.53 Å². The number of esters is 1. The summed E-state index contributed by atoms with van der Waals surface area (Å²) < 4.78 is 7.09. The van der Waals surface area contributed by atoms with E-state index in [1.54, 1.807) is 28.8 Å². The van der Waals surface area contributed by atoms with Crippen molar-refractivity contribution in [3.8, 4) is 0 Å². The van der Waals surface area contributed by atoms with Gasteiger partial charge in [-0.25, -0.2) is 9.79 Å². The first-order valence-electron chi connectivity index (χ1n) is 10.5. The molecule has 2 heterocycles. The fourth-order valence-electron chi connectivity index (χ4n) is 3.82. The minimum atomic E-state index is -0.391. The number of hydrogen-bond donors (Lipinski definition) is 0. The molecule has 0 saturated carbocycles. The second-order valence-corrected chi connectivity index (χ2v) is 8.58. The van der Waals surface area contributed by atoms with E-state index >= 15 is 0 Å². The molecule has 0 unspecified atom stereocenters. The van der Waals surface area contributed by atoms with Crippen molar-refractivity contribution in [1.82, 2.24) is 4.57 Å². The lowest BCUT2D eigenvalue weighted by Gasteiger charge is -2.19. The van der Waals surface area contributed by atoms with Crippen LogP contribution >= 0.6 is 11.3 Å². The third kappa shape index (κ3) is 4.08. The molecule has 1 aliphatic heterocycles. The lowest BCUT2D eigenvalue weighted by Crippen LogP contribution is -2.36. The molecule has 5 rings (SSSR count). The first kappa shape index (κ1) is 20.8. The average Bonchev–Trinajstić information content (AvgIpc) is 3.19. The Kier molecular flexibility index (Phi) is 5.59. The normalized spacial score (nSPS) is 15.4. The maximum absolute atomic E-state index is 13.4. The van der Waals surface area contributed by atoms with Gasteiger partial charge in [0.05, 0.1) is 28.9 Å². The van der Waals surface area contributed by atoms with Crippen LogP contribution in [0.5, 0.6) is 0 Å². The lowest BCUT2D eigenvalue weighted by atomic mass is 10.0. The van der Waals surface area contributed by atoms with Gasteiger partial charge in [-0.15, -0.1) is 0 Å². The van der Waals surface area contributed by atoms with Crippen molar-refractivity contribution in [2.24, 2.45) is 4.99 Å². The SMILES string of the molecule is COC(=O)c1ccc(/C=c2/sc3n(c2=O)[C@@H](c2ccccc2)C=C(c2ccccc2)N=3)cc1. The molecular formula is C27H20N2O3S. The van der Waals surface area contributed by atoms with Crippen LogP contribution in [0.4, 0.5) is 0 Å². The van der Waals surface area contributed by atoms with Crippen molar-refractivity contribution in [2.45, 2.75) is 6.04 Å². The Morgan fingerprint density at radius 2 is 1.64 bits per heavy atom. The number of nitrogens with zero attached hydrogens (tertiary/aromatic N) is 2. The second kappa shape index (κ2) is 8.84. The third-order valence-electron chi connectivity index (χ3n) is 5.49. The fourth-order valence-corrected chi connectivity index (χ4v) is 4.84. The summed E-state index contributed by atoms with van der Waals surface area (Å²) in [6.45, 7) is 0. The number of carbonyl (C=O) groups excluding carboxylic acids is 1. The molecule has 1 aliphatic rings. The van der Waals surface area contributed by atoms with Gasteiger partial charge in [-0.05, 0) is 41.0 Å². The van der Waals surface area contributed by atoms with Crippen LogP contribution in [0.2, 0.25) is 0 Å². The number of methoxy groups -OCH3 is 1. The van der Waals surface area contributed by atoms with E-state index in [0.717, 1.165) is 22.4 Å². The third-order valence-corrected chi connectivity index (χ3v) is 6.47. The predicted octanol–water partition coefficient (Wildman–Crippen LogP) is 3.79. The average molecular weight is 453 g/mol. The summed E-state index contributed by atoms with van der Waals surface area (Å²) in [6, 6.07) is 26.7. The zero-order chi connectivity index (χ0) is 22.8. The van der Waals surface area contributed by atoms with Crippen LogP contribution < -0.4 is 14.9 Å². The van der Waals surface area contributed by atoms with Gasteiger partial charge in [-0.3, -0.25) is 9.36 Å². The first-order chi connectivity index (χ1) is 16.1. The van der Waals surface area contributed by atoms with E-state index in [4.69, 9.17) is 9.73 Å². The number of rotatable bonds is 4. The molecule has 33 heavy (non-hydrogen) atoms. The second-order valence-electron chi connectivity index (χ2n) is 7.57.